The number of hydrogen-bond acceptors (Lipinski definition) is 3. The van der Waals surface area contributed by atoms with Crippen molar-refractivity contribution in [3.05, 3.63) is 29.8 Å². The van der Waals surface area contributed by atoms with Gasteiger partial charge in [0.15, 0.2) is 0 Å². The molecule has 0 saturated carbocycles. The number of likely N-dealkylation sites (N-methyl/N-ethyl adjacent to an activating group) is 1. The molecule has 4 nitrogen and oxygen atoms in total. The molecule has 0 radical (unpaired) electrons. The first-order valence-electron chi connectivity index (χ1n) is 7.35. The van der Waals surface area contributed by atoms with Crippen LogP contribution in [-0.4, -0.2) is 45.5 Å². The van der Waals surface area contributed by atoms with Gasteiger partial charge in [0, 0.05) is 31.7 Å². The second-order valence-corrected chi connectivity index (χ2v) is 6.93. The van der Waals surface area contributed by atoms with Crippen LogP contribution in [0, 0.1) is 5.41 Å². The fourth-order valence-corrected chi connectivity index (χ4v) is 2.05. The third-order valence-electron chi connectivity index (χ3n) is 3.55. The van der Waals surface area contributed by atoms with Gasteiger partial charge < -0.3 is 15.1 Å². The largest absolute Gasteiger partial charge is 0.378 e. The molecular weight excluding hydrogens is 262 g/mol. The number of nitrogens with one attached hydrogen (secondary N) is 1. The molecule has 1 atom stereocenters. The molecule has 4 heteroatoms. The fraction of sp³-hybridized carbons (Fsp3) is 0.588. The van der Waals surface area contributed by atoms with Crippen LogP contribution in [0.1, 0.15) is 32.4 Å². The van der Waals surface area contributed by atoms with Gasteiger partial charge in [0.2, 0.25) is 5.91 Å². The highest BCUT2D eigenvalue weighted by Crippen LogP contribution is 2.21. The molecule has 1 aromatic carbocycles. The van der Waals surface area contributed by atoms with Crippen LogP contribution in [0.4, 0.5) is 5.69 Å². The van der Waals surface area contributed by atoms with Gasteiger partial charge in [0.1, 0.15) is 0 Å². The van der Waals surface area contributed by atoms with Crippen molar-refractivity contribution < 1.29 is 4.79 Å². The minimum atomic E-state index is -0.356. The molecule has 1 aromatic rings. The van der Waals surface area contributed by atoms with Gasteiger partial charge in [-0.15, -0.1) is 0 Å². The van der Waals surface area contributed by atoms with Crippen LogP contribution in [-0.2, 0) is 4.79 Å². The van der Waals surface area contributed by atoms with E-state index in [2.05, 4.69) is 39.4 Å². The van der Waals surface area contributed by atoms with E-state index in [1.54, 1.807) is 0 Å². The van der Waals surface area contributed by atoms with Gasteiger partial charge in [0.25, 0.3) is 0 Å². The number of nitrogens with zero attached hydrogens (tertiary/aromatic N) is 2. The highest BCUT2D eigenvalue weighted by Gasteiger charge is 2.23. The van der Waals surface area contributed by atoms with Crippen LogP contribution in [0.5, 0.6) is 0 Å². The maximum atomic E-state index is 12.0. The zero-order valence-electron chi connectivity index (χ0n) is 14.4. The topological polar surface area (TPSA) is 35.6 Å². The molecule has 0 bridgehead atoms. The molecule has 21 heavy (non-hydrogen) atoms. The van der Waals surface area contributed by atoms with E-state index in [-0.39, 0.29) is 17.4 Å². The summed E-state index contributed by atoms with van der Waals surface area (Å²) in [7, 11) is 8.13. The summed E-state index contributed by atoms with van der Waals surface area (Å²) in [4.78, 5) is 16.2. The first kappa shape index (κ1) is 17.5. The second-order valence-electron chi connectivity index (χ2n) is 6.93. The molecule has 0 fully saturated rings. The number of hydrogen-bond donors (Lipinski definition) is 1. The summed E-state index contributed by atoms with van der Waals surface area (Å²) in [5.41, 5.74) is 2.03. The van der Waals surface area contributed by atoms with E-state index >= 15 is 0 Å². The highest BCUT2D eigenvalue weighted by atomic mass is 16.2. The molecule has 0 saturated heterocycles. The Hall–Kier alpha value is -1.55. The zero-order valence-corrected chi connectivity index (χ0v) is 14.4. The summed E-state index contributed by atoms with van der Waals surface area (Å²) < 4.78 is 0. The van der Waals surface area contributed by atoms with Crippen LogP contribution in [0.25, 0.3) is 0 Å². The lowest BCUT2D eigenvalue weighted by molar-refractivity contribution is -0.128. The molecule has 0 spiro atoms. The summed E-state index contributed by atoms with van der Waals surface area (Å²) >= 11 is 0. The Kier molecular flexibility index (Phi) is 5.78. The zero-order chi connectivity index (χ0) is 16.2. The van der Waals surface area contributed by atoms with Gasteiger partial charge in [-0.1, -0.05) is 32.9 Å². The number of carbonyl (C=O) groups is 1. The van der Waals surface area contributed by atoms with Crippen LogP contribution in [0.3, 0.4) is 0 Å². The van der Waals surface area contributed by atoms with E-state index in [9.17, 15) is 4.79 Å². The van der Waals surface area contributed by atoms with Crippen molar-refractivity contribution in [1.29, 1.82) is 0 Å². The van der Waals surface area contributed by atoms with Gasteiger partial charge >= 0.3 is 0 Å². The van der Waals surface area contributed by atoms with Crippen LogP contribution < -0.4 is 10.2 Å². The van der Waals surface area contributed by atoms with Gasteiger partial charge in [-0.2, -0.15) is 0 Å². The maximum Gasteiger partial charge on any atom is 0.225 e. The first-order valence-corrected chi connectivity index (χ1v) is 7.35. The van der Waals surface area contributed by atoms with E-state index in [0.29, 0.717) is 6.54 Å². The fourth-order valence-electron chi connectivity index (χ4n) is 2.05. The molecule has 1 rings (SSSR count). The molecule has 1 amide bonds. The Morgan fingerprint density at radius 3 is 2.00 bits per heavy atom. The number of benzene rings is 1. The Balaban J connectivity index is 2.80. The minimum absolute atomic E-state index is 0.0826. The lowest BCUT2D eigenvalue weighted by Crippen LogP contribution is -2.40. The molecule has 1 N–H and O–H groups in total. The predicted molar refractivity (Wildman–Crippen MR) is 89.7 cm³/mol. The Bertz CT molecular complexity index is 458. The van der Waals surface area contributed by atoms with Crippen molar-refractivity contribution in [2.45, 2.75) is 26.8 Å². The summed E-state index contributed by atoms with van der Waals surface area (Å²) in [6, 6.07) is 8.65. The van der Waals surface area contributed by atoms with Crippen molar-refractivity contribution in [2.75, 3.05) is 39.6 Å². The molecule has 0 aliphatic heterocycles. The average Bonchev–Trinajstić information content (AvgIpc) is 2.37. The Morgan fingerprint density at radius 1 is 1.10 bits per heavy atom. The molecule has 0 aliphatic rings. The Morgan fingerprint density at radius 2 is 1.62 bits per heavy atom. The summed E-state index contributed by atoms with van der Waals surface area (Å²) in [5.74, 6) is 0.0826. The molecule has 0 heterocycles. The molecular formula is C17H29N3O. The van der Waals surface area contributed by atoms with Crippen molar-refractivity contribution in [3.8, 4) is 0 Å². The number of carbonyl (C=O) groups excluding carboxylic acids is 1. The van der Waals surface area contributed by atoms with Crippen LogP contribution in [0.15, 0.2) is 24.3 Å². The third-order valence-corrected chi connectivity index (χ3v) is 3.55. The van der Waals surface area contributed by atoms with E-state index in [1.807, 2.05) is 49.0 Å². The SMILES string of the molecule is CN(C)c1ccc([C@@H](CNC(=O)C(C)(C)C)N(C)C)cc1. The summed E-state index contributed by atoms with van der Waals surface area (Å²) in [6.45, 7) is 6.40. The van der Waals surface area contributed by atoms with Crippen molar-refractivity contribution >= 4 is 11.6 Å². The number of anilines is 1. The predicted octanol–water partition coefficient (Wildman–Crippen LogP) is 2.52. The lowest BCUT2D eigenvalue weighted by atomic mass is 9.95. The average molecular weight is 291 g/mol. The standard InChI is InChI=1S/C17H29N3O/c1-17(2,3)16(21)18-12-15(20(6)7)13-8-10-14(11-9-13)19(4)5/h8-11,15H,12H2,1-7H3,(H,18,21)/t15-/m1/s1. The molecule has 0 unspecified atom stereocenters. The molecule has 0 aliphatic carbocycles. The van der Waals surface area contributed by atoms with Gasteiger partial charge in [-0.3, -0.25) is 4.79 Å². The van der Waals surface area contributed by atoms with E-state index in [0.717, 1.165) is 0 Å². The van der Waals surface area contributed by atoms with E-state index in [4.69, 9.17) is 0 Å². The molecule has 0 aromatic heterocycles. The normalized spacial score (nSPS) is 13.1. The van der Waals surface area contributed by atoms with E-state index < -0.39 is 0 Å². The van der Waals surface area contributed by atoms with Crippen molar-refractivity contribution in [1.82, 2.24) is 10.2 Å². The van der Waals surface area contributed by atoms with E-state index in [1.165, 1.54) is 11.3 Å². The van der Waals surface area contributed by atoms with Crippen molar-refractivity contribution in [3.63, 3.8) is 0 Å². The monoisotopic (exact) mass is 291 g/mol. The van der Waals surface area contributed by atoms with Gasteiger partial charge in [-0.05, 0) is 31.8 Å². The quantitative estimate of drug-likeness (QED) is 0.905. The first-order chi connectivity index (χ1) is 9.62. The third kappa shape index (κ3) is 5.05. The summed E-state index contributed by atoms with van der Waals surface area (Å²) in [5, 5.41) is 3.05. The van der Waals surface area contributed by atoms with Gasteiger partial charge in [-0.25, -0.2) is 0 Å². The minimum Gasteiger partial charge on any atom is -0.378 e. The maximum absolute atomic E-state index is 12.0. The lowest BCUT2D eigenvalue weighted by Gasteiger charge is -2.27. The van der Waals surface area contributed by atoms with Crippen molar-refractivity contribution in [2.24, 2.45) is 5.41 Å². The number of rotatable bonds is 5. The van der Waals surface area contributed by atoms with Crippen LogP contribution >= 0.6 is 0 Å². The van der Waals surface area contributed by atoms with Crippen LogP contribution in [0.2, 0.25) is 0 Å². The highest BCUT2D eigenvalue weighted by molar-refractivity contribution is 5.81. The Labute approximate surface area is 129 Å². The summed E-state index contributed by atoms with van der Waals surface area (Å²) in [6.07, 6.45) is 0. The van der Waals surface area contributed by atoms with Gasteiger partial charge in [0.05, 0.1) is 6.04 Å². The second kappa shape index (κ2) is 6.94. The smallest absolute Gasteiger partial charge is 0.225 e. The molecule has 118 valence electrons. The number of amides is 1.